The predicted molar refractivity (Wildman–Crippen MR) is 51.0 cm³/mol. The lowest BCUT2D eigenvalue weighted by molar-refractivity contribution is -0.123. The summed E-state index contributed by atoms with van der Waals surface area (Å²) >= 11 is 0. The normalized spacial score (nSPS) is 23.2. The number of nitrogens with two attached hydrogens (primary N) is 1. The van der Waals surface area contributed by atoms with E-state index in [-0.39, 0.29) is 0 Å². The molecule has 0 aromatic rings. The first-order valence-corrected chi connectivity index (χ1v) is 5.02. The van der Waals surface area contributed by atoms with Gasteiger partial charge in [0.2, 0.25) is 0 Å². The Morgan fingerprint density at radius 3 is 2.42 bits per heavy atom. The topological polar surface area (TPSA) is 35.2 Å². The van der Waals surface area contributed by atoms with Crippen LogP contribution in [0.3, 0.4) is 0 Å². The predicted octanol–water partition coefficient (Wildman–Crippen LogP) is 1.93. The van der Waals surface area contributed by atoms with Gasteiger partial charge in [-0.05, 0) is 26.2 Å². The summed E-state index contributed by atoms with van der Waals surface area (Å²) < 4.78 is 5.28. The molecule has 1 aliphatic heterocycles. The third-order valence-corrected chi connectivity index (χ3v) is 2.73. The number of ether oxygens (including phenoxy) is 1. The van der Waals surface area contributed by atoms with Crippen molar-refractivity contribution in [3.63, 3.8) is 0 Å². The van der Waals surface area contributed by atoms with Gasteiger partial charge in [-0.2, -0.15) is 0 Å². The van der Waals surface area contributed by atoms with E-state index in [1.54, 1.807) is 0 Å². The molecule has 2 nitrogen and oxygen atoms in total. The van der Waals surface area contributed by atoms with Crippen molar-refractivity contribution in [3.8, 4) is 0 Å². The molecule has 1 atom stereocenters. The van der Waals surface area contributed by atoms with E-state index in [0.29, 0.717) is 11.5 Å². The van der Waals surface area contributed by atoms with Crippen LogP contribution in [0.5, 0.6) is 0 Å². The fraction of sp³-hybridized carbons (Fsp3) is 1.00. The maximum Gasteiger partial charge on any atom is 0.0544 e. The van der Waals surface area contributed by atoms with Gasteiger partial charge >= 0.3 is 0 Å². The molecule has 0 amide bonds. The number of rotatable bonds is 5. The molecular formula is C10H21NO. The van der Waals surface area contributed by atoms with Crippen molar-refractivity contribution >= 4 is 0 Å². The summed E-state index contributed by atoms with van der Waals surface area (Å²) in [6.45, 7) is 6.26. The Morgan fingerprint density at radius 2 is 2.08 bits per heavy atom. The second kappa shape index (κ2) is 4.24. The van der Waals surface area contributed by atoms with E-state index in [1.165, 1.54) is 19.3 Å². The molecule has 0 aliphatic carbocycles. The Kier molecular flexibility index (Phi) is 3.53. The smallest absolute Gasteiger partial charge is 0.0544 e. The van der Waals surface area contributed by atoms with Crippen LogP contribution in [-0.4, -0.2) is 19.3 Å². The second-order valence-corrected chi connectivity index (χ2v) is 4.26. The summed E-state index contributed by atoms with van der Waals surface area (Å²) in [5.41, 5.74) is 6.24. The minimum Gasteiger partial charge on any atom is -0.380 e. The van der Waals surface area contributed by atoms with E-state index in [4.69, 9.17) is 10.5 Å². The van der Waals surface area contributed by atoms with Gasteiger partial charge in [0.05, 0.1) is 13.2 Å². The summed E-state index contributed by atoms with van der Waals surface area (Å²) in [5.74, 6) is 0. The molecule has 12 heavy (non-hydrogen) atoms. The van der Waals surface area contributed by atoms with Gasteiger partial charge in [0.15, 0.2) is 0 Å². The first kappa shape index (κ1) is 10.0. The molecule has 1 heterocycles. The molecule has 72 valence electrons. The standard InChI is InChI=1S/C10H21NO/c1-3-5-10(7-12-8-10)6-4-9(2)11/h9H,3-8,11H2,1-2H3. The number of hydrogen-bond acceptors (Lipinski definition) is 2. The monoisotopic (exact) mass is 171 g/mol. The molecule has 1 fully saturated rings. The average Bonchev–Trinajstić information content (AvgIpc) is 1.94. The van der Waals surface area contributed by atoms with Crippen LogP contribution in [-0.2, 0) is 4.74 Å². The van der Waals surface area contributed by atoms with Crippen molar-refractivity contribution in [1.82, 2.24) is 0 Å². The minimum absolute atomic E-state index is 0.347. The van der Waals surface area contributed by atoms with E-state index in [1.807, 2.05) is 0 Å². The zero-order valence-corrected chi connectivity index (χ0v) is 8.31. The zero-order chi connectivity index (χ0) is 9.03. The third kappa shape index (κ3) is 2.46. The Bertz CT molecular complexity index is 130. The summed E-state index contributed by atoms with van der Waals surface area (Å²) in [5, 5.41) is 0. The summed E-state index contributed by atoms with van der Waals surface area (Å²) in [7, 11) is 0. The van der Waals surface area contributed by atoms with Gasteiger partial charge < -0.3 is 10.5 Å². The van der Waals surface area contributed by atoms with Gasteiger partial charge in [0, 0.05) is 11.5 Å². The van der Waals surface area contributed by atoms with Crippen LogP contribution >= 0.6 is 0 Å². The van der Waals surface area contributed by atoms with E-state index in [9.17, 15) is 0 Å². The molecule has 1 aliphatic rings. The highest BCUT2D eigenvalue weighted by molar-refractivity contribution is 4.85. The maximum atomic E-state index is 5.73. The Hall–Kier alpha value is -0.0800. The van der Waals surface area contributed by atoms with Crippen molar-refractivity contribution in [2.24, 2.45) is 11.1 Å². The number of hydrogen-bond donors (Lipinski definition) is 1. The van der Waals surface area contributed by atoms with E-state index < -0.39 is 0 Å². The van der Waals surface area contributed by atoms with Crippen LogP contribution in [0.1, 0.15) is 39.5 Å². The van der Waals surface area contributed by atoms with E-state index >= 15 is 0 Å². The fourth-order valence-electron chi connectivity index (χ4n) is 1.87. The molecule has 1 saturated heterocycles. The van der Waals surface area contributed by atoms with Gasteiger partial charge in [-0.3, -0.25) is 0 Å². The first-order chi connectivity index (χ1) is 5.68. The summed E-state index contributed by atoms with van der Waals surface area (Å²) in [6, 6.07) is 0.347. The molecule has 1 unspecified atom stereocenters. The van der Waals surface area contributed by atoms with Gasteiger partial charge in [-0.15, -0.1) is 0 Å². The Morgan fingerprint density at radius 1 is 1.42 bits per heavy atom. The lowest BCUT2D eigenvalue weighted by Crippen LogP contribution is -2.43. The second-order valence-electron chi connectivity index (χ2n) is 4.26. The molecule has 1 rings (SSSR count). The average molecular weight is 171 g/mol. The van der Waals surface area contributed by atoms with Crippen molar-refractivity contribution in [2.45, 2.75) is 45.6 Å². The van der Waals surface area contributed by atoms with Crippen LogP contribution in [0, 0.1) is 5.41 Å². The van der Waals surface area contributed by atoms with E-state index in [0.717, 1.165) is 19.6 Å². The highest BCUT2D eigenvalue weighted by Crippen LogP contribution is 2.37. The molecule has 0 spiro atoms. The molecule has 0 aromatic heterocycles. The van der Waals surface area contributed by atoms with Gasteiger partial charge in [0.1, 0.15) is 0 Å². The first-order valence-electron chi connectivity index (χ1n) is 5.02. The van der Waals surface area contributed by atoms with Gasteiger partial charge in [-0.1, -0.05) is 13.3 Å². The van der Waals surface area contributed by atoms with Crippen molar-refractivity contribution in [3.05, 3.63) is 0 Å². The van der Waals surface area contributed by atoms with Crippen molar-refractivity contribution in [1.29, 1.82) is 0 Å². The van der Waals surface area contributed by atoms with Crippen LogP contribution in [0.2, 0.25) is 0 Å². The lowest BCUT2D eigenvalue weighted by atomic mass is 9.77. The maximum absolute atomic E-state index is 5.73. The van der Waals surface area contributed by atoms with Crippen molar-refractivity contribution < 1.29 is 4.74 Å². The largest absolute Gasteiger partial charge is 0.380 e. The van der Waals surface area contributed by atoms with Crippen LogP contribution in [0.15, 0.2) is 0 Å². The van der Waals surface area contributed by atoms with Crippen molar-refractivity contribution in [2.75, 3.05) is 13.2 Å². The summed E-state index contributed by atoms with van der Waals surface area (Å²) in [6.07, 6.45) is 4.96. The molecule has 0 bridgehead atoms. The molecule has 2 heteroatoms. The zero-order valence-electron chi connectivity index (χ0n) is 8.31. The fourth-order valence-corrected chi connectivity index (χ4v) is 1.87. The highest BCUT2D eigenvalue weighted by Gasteiger charge is 2.36. The van der Waals surface area contributed by atoms with Crippen LogP contribution in [0.4, 0.5) is 0 Å². The Labute approximate surface area is 75.5 Å². The third-order valence-electron chi connectivity index (χ3n) is 2.73. The SMILES string of the molecule is CCCC1(CCC(C)N)COC1. The molecule has 0 aromatic carbocycles. The van der Waals surface area contributed by atoms with Crippen LogP contribution < -0.4 is 5.73 Å². The van der Waals surface area contributed by atoms with Gasteiger partial charge in [0.25, 0.3) is 0 Å². The highest BCUT2D eigenvalue weighted by atomic mass is 16.5. The molecular weight excluding hydrogens is 150 g/mol. The van der Waals surface area contributed by atoms with Crippen LogP contribution in [0.25, 0.3) is 0 Å². The minimum atomic E-state index is 0.347. The summed E-state index contributed by atoms with van der Waals surface area (Å²) in [4.78, 5) is 0. The quantitative estimate of drug-likeness (QED) is 0.686. The lowest BCUT2D eigenvalue weighted by Gasteiger charge is -2.42. The van der Waals surface area contributed by atoms with E-state index in [2.05, 4.69) is 13.8 Å². The molecule has 0 saturated carbocycles. The van der Waals surface area contributed by atoms with Gasteiger partial charge in [-0.25, -0.2) is 0 Å². The molecule has 0 radical (unpaired) electrons. The Balaban J connectivity index is 2.24. The molecule has 2 N–H and O–H groups in total.